The first-order valence-corrected chi connectivity index (χ1v) is 9.23. The van der Waals surface area contributed by atoms with Crippen molar-refractivity contribution in [2.45, 2.75) is 25.7 Å². The molecule has 2 heterocycles. The number of rotatable bonds is 5. The van der Waals surface area contributed by atoms with Crippen molar-refractivity contribution >= 4 is 11.9 Å². The summed E-state index contributed by atoms with van der Waals surface area (Å²) in [6.45, 7) is 8.49. The average molecular weight is 339 g/mol. The molecule has 2 fully saturated rings. The second-order valence-corrected chi connectivity index (χ2v) is 7.10. The zero-order chi connectivity index (χ0) is 17.4. The van der Waals surface area contributed by atoms with E-state index >= 15 is 0 Å². The van der Waals surface area contributed by atoms with Crippen LogP contribution < -0.4 is 11.1 Å². The summed E-state index contributed by atoms with van der Waals surface area (Å²) < 4.78 is 0. The third kappa shape index (κ3) is 6.28. The molecule has 0 aromatic carbocycles. The number of nitrogens with one attached hydrogen (secondary N) is 1. The fraction of sp³-hybridized carbons (Fsp3) is 0.882. The van der Waals surface area contributed by atoms with E-state index in [1.165, 1.54) is 19.5 Å². The molecule has 0 aliphatic carbocycles. The Morgan fingerprint density at radius 1 is 1.21 bits per heavy atom. The normalized spacial score (nSPS) is 24.7. The van der Waals surface area contributed by atoms with E-state index in [0.717, 1.165) is 58.1 Å². The molecule has 2 aliphatic heterocycles. The van der Waals surface area contributed by atoms with Gasteiger partial charge in [-0.05, 0) is 45.3 Å². The van der Waals surface area contributed by atoms with Gasteiger partial charge in [-0.15, -0.1) is 0 Å². The summed E-state index contributed by atoms with van der Waals surface area (Å²) in [6, 6.07) is 0. The first kappa shape index (κ1) is 19.0. The van der Waals surface area contributed by atoms with Crippen molar-refractivity contribution in [3.8, 4) is 0 Å². The van der Waals surface area contributed by atoms with Gasteiger partial charge in [0.2, 0.25) is 5.91 Å². The van der Waals surface area contributed by atoms with Crippen molar-refractivity contribution in [3.63, 3.8) is 0 Å². The van der Waals surface area contributed by atoms with Crippen molar-refractivity contribution in [3.05, 3.63) is 0 Å². The number of nitrogens with two attached hydrogens (primary N) is 1. The quantitative estimate of drug-likeness (QED) is 0.536. The van der Waals surface area contributed by atoms with Gasteiger partial charge in [-0.3, -0.25) is 9.79 Å². The largest absolute Gasteiger partial charge is 0.370 e. The van der Waals surface area contributed by atoms with E-state index in [9.17, 15) is 4.79 Å². The summed E-state index contributed by atoms with van der Waals surface area (Å²) in [5.74, 6) is 1.11. The highest BCUT2D eigenvalue weighted by atomic mass is 16.1. The lowest BCUT2D eigenvalue weighted by atomic mass is 9.95. The minimum absolute atomic E-state index is 0.198. The van der Waals surface area contributed by atoms with Gasteiger partial charge < -0.3 is 25.8 Å². The molecule has 1 atom stereocenters. The molecule has 0 aromatic heterocycles. The maximum Gasteiger partial charge on any atom is 0.217 e. The van der Waals surface area contributed by atoms with E-state index < -0.39 is 0 Å². The number of amides is 1. The number of primary amides is 1. The van der Waals surface area contributed by atoms with Gasteiger partial charge in [-0.2, -0.15) is 0 Å². The summed E-state index contributed by atoms with van der Waals surface area (Å²) in [7, 11) is 4.03. The van der Waals surface area contributed by atoms with Crippen LogP contribution in [0.4, 0.5) is 0 Å². The third-order valence-corrected chi connectivity index (χ3v) is 5.04. The summed E-state index contributed by atoms with van der Waals surface area (Å²) in [6.07, 6.45) is 3.90. The number of piperidine rings is 1. The predicted octanol–water partition coefficient (Wildman–Crippen LogP) is -0.213. The van der Waals surface area contributed by atoms with E-state index in [4.69, 9.17) is 5.73 Å². The van der Waals surface area contributed by atoms with Gasteiger partial charge in [0.15, 0.2) is 5.96 Å². The molecule has 138 valence electrons. The van der Waals surface area contributed by atoms with E-state index in [0.29, 0.717) is 12.3 Å². The maximum atomic E-state index is 11.2. The Kier molecular flexibility index (Phi) is 7.78. The van der Waals surface area contributed by atoms with Crippen LogP contribution in [0.3, 0.4) is 0 Å². The molecule has 0 saturated carbocycles. The Morgan fingerprint density at radius 3 is 2.79 bits per heavy atom. The molecule has 2 saturated heterocycles. The minimum Gasteiger partial charge on any atom is -0.370 e. The van der Waals surface area contributed by atoms with Crippen LogP contribution >= 0.6 is 0 Å². The van der Waals surface area contributed by atoms with E-state index in [2.05, 4.69) is 32.1 Å². The van der Waals surface area contributed by atoms with Gasteiger partial charge in [0, 0.05) is 52.7 Å². The monoisotopic (exact) mass is 338 g/mol. The van der Waals surface area contributed by atoms with Crippen LogP contribution in [0.2, 0.25) is 0 Å². The van der Waals surface area contributed by atoms with Gasteiger partial charge in [-0.25, -0.2) is 0 Å². The zero-order valence-electron chi connectivity index (χ0n) is 15.3. The Morgan fingerprint density at radius 2 is 2.04 bits per heavy atom. The fourth-order valence-corrected chi connectivity index (χ4v) is 3.69. The second kappa shape index (κ2) is 9.84. The molecule has 0 radical (unpaired) electrons. The summed E-state index contributed by atoms with van der Waals surface area (Å²) >= 11 is 0. The smallest absolute Gasteiger partial charge is 0.217 e. The highest BCUT2D eigenvalue weighted by Crippen LogP contribution is 2.19. The van der Waals surface area contributed by atoms with E-state index in [1.807, 2.05) is 7.05 Å². The lowest BCUT2D eigenvalue weighted by Crippen LogP contribution is -2.48. The molecule has 0 bridgehead atoms. The van der Waals surface area contributed by atoms with Gasteiger partial charge in [0.05, 0.1) is 0 Å². The van der Waals surface area contributed by atoms with E-state index in [-0.39, 0.29) is 5.91 Å². The lowest BCUT2D eigenvalue weighted by Gasteiger charge is -2.35. The highest BCUT2D eigenvalue weighted by molar-refractivity contribution is 5.80. The number of likely N-dealkylation sites (N-methyl/N-ethyl adjacent to an activating group) is 1. The molecule has 1 amide bonds. The van der Waals surface area contributed by atoms with Gasteiger partial charge in [-0.1, -0.05) is 0 Å². The van der Waals surface area contributed by atoms with Crippen LogP contribution in [0.15, 0.2) is 4.99 Å². The number of hydrogen-bond acceptors (Lipinski definition) is 4. The Labute approximate surface area is 146 Å². The van der Waals surface area contributed by atoms with Crippen molar-refractivity contribution in [2.75, 3.05) is 66.5 Å². The zero-order valence-corrected chi connectivity index (χ0v) is 15.3. The van der Waals surface area contributed by atoms with Crippen LogP contribution in [0.5, 0.6) is 0 Å². The fourth-order valence-electron chi connectivity index (χ4n) is 3.69. The highest BCUT2D eigenvalue weighted by Gasteiger charge is 2.23. The van der Waals surface area contributed by atoms with Crippen molar-refractivity contribution < 1.29 is 4.79 Å². The molecule has 2 rings (SSSR count). The van der Waals surface area contributed by atoms with Gasteiger partial charge in [0.25, 0.3) is 0 Å². The Hall–Kier alpha value is -1.34. The molecule has 7 heteroatoms. The Bertz CT molecular complexity index is 427. The first-order chi connectivity index (χ1) is 11.6. The third-order valence-electron chi connectivity index (χ3n) is 5.04. The molecule has 1 unspecified atom stereocenters. The summed E-state index contributed by atoms with van der Waals surface area (Å²) in [5, 5.41) is 3.50. The predicted molar refractivity (Wildman–Crippen MR) is 98.0 cm³/mol. The SMILES string of the molecule is CN=C(NCCN1CCCN(C)CC1)N1CCCC(CC(N)=O)C1. The number of nitrogens with zero attached hydrogens (tertiary/aromatic N) is 4. The lowest BCUT2D eigenvalue weighted by molar-refractivity contribution is -0.119. The van der Waals surface area contributed by atoms with Gasteiger partial charge in [0.1, 0.15) is 0 Å². The van der Waals surface area contributed by atoms with E-state index in [1.54, 1.807) is 0 Å². The van der Waals surface area contributed by atoms with Gasteiger partial charge >= 0.3 is 0 Å². The first-order valence-electron chi connectivity index (χ1n) is 9.23. The van der Waals surface area contributed by atoms with Crippen LogP contribution in [-0.2, 0) is 4.79 Å². The number of hydrogen-bond donors (Lipinski definition) is 2. The molecule has 7 nitrogen and oxygen atoms in total. The molecule has 2 aliphatic rings. The number of carbonyl (C=O) groups is 1. The van der Waals surface area contributed by atoms with Crippen LogP contribution in [-0.4, -0.2) is 93.0 Å². The number of guanidine groups is 1. The molecule has 0 spiro atoms. The number of carbonyl (C=O) groups excluding carboxylic acids is 1. The standard InChI is InChI=1S/C17H34N6O/c1-19-17(23-9-3-5-15(14-23)13-16(18)24)20-6-10-22-8-4-7-21(2)11-12-22/h15H,3-14H2,1-2H3,(H2,18,24)(H,19,20). The van der Waals surface area contributed by atoms with Crippen LogP contribution in [0, 0.1) is 5.92 Å². The molecular formula is C17H34N6O. The number of likely N-dealkylation sites (tertiary alicyclic amines) is 1. The van der Waals surface area contributed by atoms with Crippen molar-refractivity contribution in [1.29, 1.82) is 0 Å². The molecule has 0 aromatic rings. The maximum absolute atomic E-state index is 11.2. The number of aliphatic imine (C=N–C) groups is 1. The molecule has 3 N–H and O–H groups in total. The minimum atomic E-state index is -0.198. The van der Waals surface area contributed by atoms with Crippen molar-refractivity contribution in [2.24, 2.45) is 16.6 Å². The van der Waals surface area contributed by atoms with Crippen LogP contribution in [0.1, 0.15) is 25.7 Å². The second-order valence-electron chi connectivity index (χ2n) is 7.10. The Balaban J connectivity index is 1.74. The summed E-state index contributed by atoms with van der Waals surface area (Å²) in [4.78, 5) is 22.8. The summed E-state index contributed by atoms with van der Waals surface area (Å²) in [5.41, 5.74) is 5.35. The average Bonchev–Trinajstić information content (AvgIpc) is 2.76. The van der Waals surface area contributed by atoms with Crippen molar-refractivity contribution in [1.82, 2.24) is 20.0 Å². The molecular weight excluding hydrogens is 304 g/mol. The topological polar surface area (TPSA) is 77.2 Å². The van der Waals surface area contributed by atoms with Crippen LogP contribution in [0.25, 0.3) is 0 Å². The molecule has 24 heavy (non-hydrogen) atoms.